The van der Waals surface area contributed by atoms with Crippen molar-refractivity contribution in [1.82, 2.24) is 4.90 Å². The number of rotatable bonds is 3. The average molecular weight is 273 g/mol. The van der Waals surface area contributed by atoms with Crippen LogP contribution >= 0.6 is 0 Å². The van der Waals surface area contributed by atoms with Gasteiger partial charge >= 0.3 is 6.03 Å². The molecule has 2 amide bonds. The van der Waals surface area contributed by atoms with E-state index in [1.807, 2.05) is 0 Å². The number of nitrogens with one attached hydrogen (secondary N) is 1. The number of nitrogens with zero attached hydrogens (tertiary/aromatic N) is 1. The zero-order valence-corrected chi connectivity index (χ0v) is 11.1. The van der Waals surface area contributed by atoms with Crippen LogP contribution in [-0.2, 0) is 6.54 Å². The van der Waals surface area contributed by atoms with Crippen molar-refractivity contribution in [3.05, 3.63) is 59.9 Å². The quantitative estimate of drug-likeness (QED) is 0.844. The number of carbonyl (C=O) groups is 1. The summed E-state index contributed by atoms with van der Waals surface area (Å²) in [5.41, 5.74) is 7.29. The van der Waals surface area contributed by atoms with E-state index < -0.39 is 0 Å². The van der Waals surface area contributed by atoms with Gasteiger partial charge in [0.2, 0.25) is 0 Å². The Morgan fingerprint density at radius 1 is 1.25 bits per heavy atom. The molecule has 0 aliphatic carbocycles. The molecule has 0 radical (unpaired) electrons. The average Bonchev–Trinajstić information content (AvgIpc) is 2.41. The second kappa shape index (κ2) is 6.06. The van der Waals surface area contributed by atoms with Gasteiger partial charge in [-0.1, -0.05) is 24.3 Å². The summed E-state index contributed by atoms with van der Waals surface area (Å²) < 4.78 is 13.5. The second-order valence-corrected chi connectivity index (χ2v) is 4.50. The third-order valence-electron chi connectivity index (χ3n) is 2.85. The Morgan fingerprint density at radius 3 is 2.70 bits per heavy atom. The van der Waals surface area contributed by atoms with Crippen molar-refractivity contribution in [2.45, 2.75) is 6.54 Å². The Morgan fingerprint density at radius 2 is 2.00 bits per heavy atom. The van der Waals surface area contributed by atoms with Crippen LogP contribution in [-0.4, -0.2) is 18.0 Å². The molecule has 0 aliphatic heterocycles. The maximum atomic E-state index is 13.5. The van der Waals surface area contributed by atoms with E-state index in [0.29, 0.717) is 16.9 Å². The molecule has 0 heterocycles. The Labute approximate surface area is 117 Å². The standard InChI is InChI=1S/C15H16FN3O/c1-19(10-11-5-2-3-8-14(11)16)15(20)18-13-7-4-6-12(17)9-13/h2-9H,10,17H2,1H3,(H,18,20). The minimum Gasteiger partial charge on any atom is -0.399 e. The Kier molecular flexibility index (Phi) is 4.20. The van der Waals surface area contributed by atoms with Crippen LogP contribution in [0.1, 0.15) is 5.56 Å². The minimum atomic E-state index is -0.323. The molecule has 0 fully saturated rings. The number of carbonyl (C=O) groups excluding carboxylic acids is 1. The third kappa shape index (κ3) is 3.47. The SMILES string of the molecule is CN(Cc1ccccc1F)C(=O)Nc1cccc(N)c1. The molecule has 2 aromatic rings. The molecule has 0 aliphatic rings. The van der Waals surface area contributed by atoms with Crippen LogP contribution in [0.5, 0.6) is 0 Å². The van der Waals surface area contributed by atoms with E-state index in [9.17, 15) is 9.18 Å². The summed E-state index contributed by atoms with van der Waals surface area (Å²) in [6.45, 7) is 0.195. The van der Waals surface area contributed by atoms with Gasteiger partial charge in [-0.2, -0.15) is 0 Å². The van der Waals surface area contributed by atoms with Crippen molar-refractivity contribution in [2.75, 3.05) is 18.1 Å². The van der Waals surface area contributed by atoms with Crippen LogP contribution in [0.15, 0.2) is 48.5 Å². The van der Waals surface area contributed by atoms with Crippen LogP contribution in [0.25, 0.3) is 0 Å². The highest BCUT2D eigenvalue weighted by molar-refractivity contribution is 5.89. The summed E-state index contributed by atoms with van der Waals surface area (Å²) in [5.74, 6) is -0.323. The summed E-state index contributed by atoms with van der Waals surface area (Å²) in [7, 11) is 1.61. The maximum absolute atomic E-state index is 13.5. The van der Waals surface area contributed by atoms with Crippen molar-refractivity contribution in [2.24, 2.45) is 0 Å². The molecule has 0 bridgehead atoms. The largest absolute Gasteiger partial charge is 0.399 e. The van der Waals surface area contributed by atoms with E-state index in [2.05, 4.69) is 5.32 Å². The molecule has 2 aromatic carbocycles. The fraction of sp³-hybridized carbons (Fsp3) is 0.133. The Bertz CT molecular complexity index is 616. The Balaban J connectivity index is 2.01. The van der Waals surface area contributed by atoms with Gasteiger partial charge in [0, 0.05) is 30.5 Å². The summed E-state index contributed by atoms with van der Waals surface area (Å²) in [5, 5.41) is 2.71. The number of benzene rings is 2. The lowest BCUT2D eigenvalue weighted by Crippen LogP contribution is -2.31. The summed E-state index contributed by atoms with van der Waals surface area (Å²) in [4.78, 5) is 13.4. The molecular formula is C15H16FN3O. The highest BCUT2D eigenvalue weighted by Crippen LogP contribution is 2.14. The van der Waals surface area contributed by atoms with E-state index in [4.69, 9.17) is 5.73 Å². The van der Waals surface area contributed by atoms with Crippen molar-refractivity contribution in [3.63, 3.8) is 0 Å². The highest BCUT2D eigenvalue weighted by atomic mass is 19.1. The first-order valence-electron chi connectivity index (χ1n) is 6.17. The first-order chi connectivity index (χ1) is 9.56. The summed E-state index contributed by atoms with van der Waals surface area (Å²) >= 11 is 0. The second-order valence-electron chi connectivity index (χ2n) is 4.50. The van der Waals surface area contributed by atoms with Crippen molar-refractivity contribution >= 4 is 17.4 Å². The Hall–Kier alpha value is -2.56. The molecule has 20 heavy (non-hydrogen) atoms. The number of nitrogen functional groups attached to an aromatic ring is 1. The molecular weight excluding hydrogens is 257 g/mol. The maximum Gasteiger partial charge on any atom is 0.321 e. The number of nitrogens with two attached hydrogens (primary N) is 1. The number of urea groups is 1. The van der Waals surface area contributed by atoms with Crippen molar-refractivity contribution in [3.8, 4) is 0 Å². The van der Waals surface area contributed by atoms with Gasteiger partial charge in [-0.15, -0.1) is 0 Å². The number of hydrogen-bond acceptors (Lipinski definition) is 2. The van der Waals surface area contributed by atoms with Gasteiger partial charge in [-0.3, -0.25) is 0 Å². The molecule has 0 unspecified atom stereocenters. The van der Waals surface area contributed by atoms with Gasteiger partial charge in [0.25, 0.3) is 0 Å². The molecule has 0 saturated heterocycles. The molecule has 0 atom stereocenters. The normalized spacial score (nSPS) is 10.1. The molecule has 3 N–H and O–H groups in total. The van der Waals surface area contributed by atoms with E-state index >= 15 is 0 Å². The summed E-state index contributed by atoms with van der Waals surface area (Å²) in [6, 6.07) is 13.0. The predicted molar refractivity (Wildman–Crippen MR) is 77.7 cm³/mol. The number of amides is 2. The summed E-state index contributed by atoms with van der Waals surface area (Å²) in [6.07, 6.45) is 0. The fourth-order valence-corrected chi connectivity index (χ4v) is 1.79. The van der Waals surface area contributed by atoms with Gasteiger partial charge in [0.15, 0.2) is 0 Å². The minimum absolute atomic E-state index is 0.195. The first kappa shape index (κ1) is 13.9. The zero-order chi connectivity index (χ0) is 14.5. The molecule has 2 rings (SSSR count). The predicted octanol–water partition coefficient (Wildman–Crippen LogP) is 3.07. The monoisotopic (exact) mass is 273 g/mol. The van der Waals surface area contributed by atoms with Crippen LogP contribution in [0.4, 0.5) is 20.6 Å². The molecule has 5 heteroatoms. The number of hydrogen-bond donors (Lipinski definition) is 2. The van der Waals surface area contributed by atoms with E-state index in [-0.39, 0.29) is 18.4 Å². The van der Waals surface area contributed by atoms with E-state index in [0.717, 1.165) is 0 Å². The lowest BCUT2D eigenvalue weighted by Gasteiger charge is -2.18. The fourth-order valence-electron chi connectivity index (χ4n) is 1.79. The molecule has 0 spiro atoms. The number of halogens is 1. The molecule has 0 saturated carbocycles. The highest BCUT2D eigenvalue weighted by Gasteiger charge is 2.11. The van der Waals surface area contributed by atoms with Gasteiger partial charge < -0.3 is 16.0 Å². The van der Waals surface area contributed by atoms with Crippen LogP contribution < -0.4 is 11.1 Å². The third-order valence-corrected chi connectivity index (χ3v) is 2.85. The molecule has 0 aromatic heterocycles. The van der Waals surface area contributed by atoms with Gasteiger partial charge in [-0.25, -0.2) is 9.18 Å². The van der Waals surface area contributed by atoms with Crippen LogP contribution in [0, 0.1) is 5.82 Å². The number of anilines is 2. The van der Waals surface area contributed by atoms with Crippen LogP contribution in [0.3, 0.4) is 0 Å². The van der Waals surface area contributed by atoms with Crippen LogP contribution in [0.2, 0.25) is 0 Å². The lowest BCUT2D eigenvalue weighted by molar-refractivity contribution is 0.220. The van der Waals surface area contributed by atoms with Gasteiger partial charge in [0.05, 0.1) is 0 Å². The smallest absolute Gasteiger partial charge is 0.321 e. The zero-order valence-electron chi connectivity index (χ0n) is 11.1. The van der Waals surface area contributed by atoms with E-state index in [1.165, 1.54) is 11.0 Å². The van der Waals surface area contributed by atoms with Gasteiger partial charge in [0.1, 0.15) is 5.82 Å². The van der Waals surface area contributed by atoms with Gasteiger partial charge in [-0.05, 0) is 24.3 Å². The molecule has 104 valence electrons. The van der Waals surface area contributed by atoms with Crippen molar-refractivity contribution in [1.29, 1.82) is 0 Å². The molecule has 4 nitrogen and oxygen atoms in total. The van der Waals surface area contributed by atoms with Crippen molar-refractivity contribution < 1.29 is 9.18 Å². The lowest BCUT2D eigenvalue weighted by atomic mass is 10.2. The first-order valence-corrected chi connectivity index (χ1v) is 6.17. The topological polar surface area (TPSA) is 58.4 Å². The van der Waals surface area contributed by atoms with E-state index in [1.54, 1.807) is 49.5 Å².